The van der Waals surface area contributed by atoms with Crippen molar-refractivity contribution in [3.8, 4) is 0 Å². The summed E-state index contributed by atoms with van der Waals surface area (Å²) < 4.78 is 10.1. The van der Waals surface area contributed by atoms with Gasteiger partial charge >= 0.3 is 0 Å². The number of aromatic nitrogens is 2. The van der Waals surface area contributed by atoms with Crippen LogP contribution in [0.3, 0.4) is 0 Å². The van der Waals surface area contributed by atoms with Crippen molar-refractivity contribution in [3.05, 3.63) is 64.0 Å². The zero-order valence-electron chi connectivity index (χ0n) is 13.9. The molecule has 0 aliphatic heterocycles. The van der Waals surface area contributed by atoms with Crippen molar-refractivity contribution in [2.45, 2.75) is 13.2 Å². The second kappa shape index (κ2) is 8.37. The van der Waals surface area contributed by atoms with Crippen molar-refractivity contribution in [1.82, 2.24) is 15.5 Å². The highest BCUT2D eigenvalue weighted by Crippen LogP contribution is 2.15. The number of carbonyl (C=O) groups is 2. The van der Waals surface area contributed by atoms with Crippen molar-refractivity contribution in [2.75, 3.05) is 12.4 Å². The summed E-state index contributed by atoms with van der Waals surface area (Å²) in [5, 5.41) is 14.0. The van der Waals surface area contributed by atoms with Gasteiger partial charge in [0.1, 0.15) is 10.8 Å². The number of rotatable bonds is 7. The second-order valence-corrected chi connectivity index (χ2v) is 6.29. The van der Waals surface area contributed by atoms with Gasteiger partial charge in [-0.3, -0.25) is 9.59 Å². The molecule has 3 rings (SSSR count). The Morgan fingerprint density at radius 1 is 1.19 bits per heavy atom. The maximum absolute atomic E-state index is 12.2. The number of hydrogen-bond acceptors (Lipinski definition) is 7. The molecule has 3 aromatic rings. The van der Waals surface area contributed by atoms with E-state index in [1.807, 2.05) is 0 Å². The number of nitrogens with zero attached hydrogens (tertiary/aromatic N) is 2. The topological polar surface area (TPSA) is 106 Å². The molecule has 0 unspecified atom stereocenters. The minimum absolute atomic E-state index is 0.227. The van der Waals surface area contributed by atoms with Crippen LogP contribution in [-0.4, -0.2) is 29.1 Å². The number of amides is 2. The zero-order chi connectivity index (χ0) is 18.4. The van der Waals surface area contributed by atoms with Crippen LogP contribution in [0.4, 0.5) is 5.69 Å². The molecule has 9 heteroatoms. The van der Waals surface area contributed by atoms with Gasteiger partial charge in [0.25, 0.3) is 11.8 Å². The van der Waals surface area contributed by atoms with E-state index in [1.165, 1.54) is 0 Å². The van der Waals surface area contributed by atoms with Crippen molar-refractivity contribution in [1.29, 1.82) is 0 Å². The third kappa shape index (κ3) is 4.52. The van der Waals surface area contributed by atoms with Gasteiger partial charge < -0.3 is 19.8 Å². The summed E-state index contributed by atoms with van der Waals surface area (Å²) in [6, 6.07) is 10.2. The number of furan rings is 1. The summed E-state index contributed by atoms with van der Waals surface area (Å²) in [4.78, 5) is 24.5. The molecule has 0 spiro atoms. The van der Waals surface area contributed by atoms with E-state index in [4.69, 9.17) is 9.15 Å². The molecular formula is C17H16N4O4S. The monoisotopic (exact) mass is 372 g/mol. The number of methoxy groups -OCH3 is 1. The largest absolute Gasteiger partial charge is 0.467 e. The standard InChI is InChI=1S/C17H16N4O4S/c1-24-10-14-20-21-17(26-14)16(23)19-12-5-2-4-11(8-12)15(22)18-9-13-6-3-7-25-13/h2-8H,9-10H2,1H3,(H,18,22)(H,19,23). The molecule has 0 bridgehead atoms. The summed E-state index contributed by atoms with van der Waals surface area (Å²) >= 11 is 1.15. The highest BCUT2D eigenvalue weighted by molar-refractivity contribution is 7.13. The van der Waals surface area contributed by atoms with Gasteiger partial charge in [-0.1, -0.05) is 17.4 Å². The van der Waals surface area contributed by atoms with Crippen molar-refractivity contribution in [3.63, 3.8) is 0 Å². The molecule has 2 aromatic heterocycles. The van der Waals surface area contributed by atoms with Crippen LogP contribution in [0.1, 0.15) is 30.9 Å². The van der Waals surface area contributed by atoms with E-state index < -0.39 is 5.91 Å². The minimum Gasteiger partial charge on any atom is -0.467 e. The zero-order valence-corrected chi connectivity index (χ0v) is 14.7. The van der Waals surface area contributed by atoms with Gasteiger partial charge in [0.15, 0.2) is 0 Å². The Morgan fingerprint density at radius 2 is 2.08 bits per heavy atom. The number of ether oxygens (including phenoxy) is 1. The lowest BCUT2D eigenvalue weighted by Gasteiger charge is -2.07. The van der Waals surface area contributed by atoms with E-state index in [2.05, 4.69) is 20.8 Å². The van der Waals surface area contributed by atoms with Gasteiger partial charge in [0.05, 0.1) is 19.4 Å². The van der Waals surface area contributed by atoms with Crippen molar-refractivity contribution >= 4 is 28.8 Å². The highest BCUT2D eigenvalue weighted by Gasteiger charge is 2.14. The number of hydrogen-bond donors (Lipinski definition) is 2. The van der Waals surface area contributed by atoms with Gasteiger partial charge in [0, 0.05) is 18.4 Å². The smallest absolute Gasteiger partial charge is 0.286 e. The molecule has 0 aliphatic carbocycles. The van der Waals surface area contributed by atoms with Crippen LogP contribution in [-0.2, 0) is 17.9 Å². The Kier molecular flexibility index (Phi) is 5.72. The fraction of sp³-hybridized carbons (Fsp3) is 0.176. The molecule has 2 amide bonds. The molecule has 134 valence electrons. The summed E-state index contributed by atoms with van der Waals surface area (Å²) in [5.74, 6) is -0.000248. The van der Waals surface area contributed by atoms with Gasteiger partial charge in [-0.05, 0) is 30.3 Å². The normalized spacial score (nSPS) is 10.5. The summed E-state index contributed by atoms with van der Waals surface area (Å²) in [6.45, 7) is 0.589. The van der Waals surface area contributed by atoms with Crippen LogP contribution >= 0.6 is 11.3 Å². The molecule has 1 aromatic carbocycles. The molecule has 0 radical (unpaired) electrons. The Hall–Kier alpha value is -3.04. The second-order valence-electron chi connectivity index (χ2n) is 5.23. The molecule has 0 fully saturated rings. The van der Waals surface area contributed by atoms with E-state index in [0.29, 0.717) is 28.6 Å². The molecule has 0 saturated carbocycles. The van der Waals surface area contributed by atoms with Crippen molar-refractivity contribution < 1.29 is 18.7 Å². The summed E-state index contributed by atoms with van der Waals surface area (Å²) in [6.07, 6.45) is 1.54. The molecule has 0 aliphatic rings. The Balaban J connectivity index is 1.62. The molecule has 2 heterocycles. The quantitative estimate of drug-likeness (QED) is 0.660. The van der Waals surface area contributed by atoms with Gasteiger partial charge in [0.2, 0.25) is 5.01 Å². The van der Waals surface area contributed by atoms with E-state index >= 15 is 0 Å². The van der Waals surface area contributed by atoms with Gasteiger partial charge in [-0.25, -0.2) is 0 Å². The fourth-order valence-corrected chi connectivity index (χ4v) is 2.84. The van der Waals surface area contributed by atoms with Crippen LogP contribution in [0.15, 0.2) is 47.1 Å². The molecule has 26 heavy (non-hydrogen) atoms. The first-order valence-electron chi connectivity index (χ1n) is 7.69. The first kappa shape index (κ1) is 17.8. The van der Waals surface area contributed by atoms with Gasteiger partial charge in [-0.2, -0.15) is 0 Å². The SMILES string of the molecule is COCc1nnc(C(=O)Nc2cccc(C(=O)NCc3ccco3)c2)s1. The summed E-state index contributed by atoms with van der Waals surface area (Å²) in [7, 11) is 1.55. The number of anilines is 1. The van der Waals surface area contributed by atoms with Crippen LogP contribution < -0.4 is 10.6 Å². The molecular weight excluding hydrogens is 356 g/mol. The number of benzene rings is 1. The maximum Gasteiger partial charge on any atom is 0.286 e. The molecule has 0 saturated heterocycles. The Labute approximate surface area is 153 Å². The lowest BCUT2D eigenvalue weighted by molar-refractivity contribution is 0.0946. The Bertz CT molecular complexity index is 892. The minimum atomic E-state index is -0.391. The molecule has 2 N–H and O–H groups in total. The van der Waals surface area contributed by atoms with E-state index in [1.54, 1.807) is 49.8 Å². The first-order chi connectivity index (χ1) is 12.7. The molecule has 8 nitrogen and oxygen atoms in total. The van der Waals surface area contributed by atoms with E-state index in [-0.39, 0.29) is 17.5 Å². The lowest BCUT2D eigenvalue weighted by atomic mass is 10.2. The number of carbonyl (C=O) groups excluding carboxylic acids is 2. The molecule has 0 atom stereocenters. The first-order valence-corrected chi connectivity index (χ1v) is 8.50. The van der Waals surface area contributed by atoms with Gasteiger partial charge in [-0.15, -0.1) is 10.2 Å². The third-order valence-electron chi connectivity index (χ3n) is 3.31. The van der Waals surface area contributed by atoms with Crippen molar-refractivity contribution in [2.24, 2.45) is 0 Å². The van der Waals surface area contributed by atoms with Crippen LogP contribution in [0.25, 0.3) is 0 Å². The van der Waals surface area contributed by atoms with Crippen LogP contribution in [0, 0.1) is 0 Å². The van der Waals surface area contributed by atoms with Crippen LogP contribution in [0.5, 0.6) is 0 Å². The van der Waals surface area contributed by atoms with E-state index in [0.717, 1.165) is 11.3 Å². The highest BCUT2D eigenvalue weighted by atomic mass is 32.1. The van der Waals surface area contributed by atoms with E-state index in [9.17, 15) is 9.59 Å². The average molecular weight is 372 g/mol. The maximum atomic E-state index is 12.2. The predicted octanol–water partition coefficient (Wildman–Crippen LogP) is 2.46. The number of nitrogens with one attached hydrogen (secondary N) is 2. The predicted molar refractivity (Wildman–Crippen MR) is 94.9 cm³/mol. The summed E-state index contributed by atoms with van der Waals surface area (Å²) in [5.41, 5.74) is 0.913. The third-order valence-corrected chi connectivity index (χ3v) is 4.21. The fourth-order valence-electron chi connectivity index (χ4n) is 2.13. The average Bonchev–Trinajstić information content (AvgIpc) is 3.32. The van der Waals surface area contributed by atoms with Crippen LogP contribution in [0.2, 0.25) is 0 Å². The lowest BCUT2D eigenvalue weighted by Crippen LogP contribution is -2.22. The Morgan fingerprint density at radius 3 is 2.85 bits per heavy atom.